The molecule has 0 heterocycles. The van der Waals surface area contributed by atoms with Gasteiger partial charge in [-0.05, 0) is 38.0 Å². The van der Waals surface area contributed by atoms with Crippen LogP contribution in [-0.2, 0) is 0 Å². The molecule has 0 aliphatic heterocycles. The lowest BCUT2D eigenvalue weighted by molar-refractivity contribution is -0.384. The van der Waals surface area contributed by atoms with Gasteiger partial charge in [0.15, 0.2) is 5.69 Å². The summed E-state index contributed by atoms with van der Waals surface area (Å²) in [5, 5.41) is 14.4. The molecule has 0 fully saturated rings. The van der Waals surface area contributed by atoms with Crippen LogP contribution >= 0.6 is 0 Å². The van der Waals surface area contributed by atoms with E-state index in [1.807, 2.05) is 13.8 Å². The van der Waals surface area contributed by atoms with Gasteiger partial charge < -0.3 is 9.74 Å². The first-order valence-electron chi connectivity index (χ1n) is 7.18. The van der Waals surface area contributed by atoms with E-state index in [0.717, 1.165) is 0 Å². The van der Waals surface area contributed by atoms with E-state index in [9.17, 15) is 10.1 Å². The molecular weight excluding hydrogens is 284 g/mol. The Hall–Kier alpha value is -1.56. The summed E-state index contributed by atoms with van der Waals surface area (Å²) >= 11 is 0. The quantitative estimate of drug-likeness (QED) is 0.482. The molecule has 0 aliphatic carbocycles. The van der Waals surface area contributed by atoms with Crippen molar-refractivity contribution in [2.75, 3.05) is 5.32 Å². The average molecular weight is 310 g/mol. The molecule has 5 nitrogen and oxygen atoms in total. The van der Waals surface area contributed by atoms with Gasteiger partial charge in [0.05, 0.1) is 4.92 Å². The molecule has 0 atom stereocenters. The Bertz CT molecular complexity index is 522. The van der Waals surface area contributed by atoms with Gasteiger partial charge >= 0.3 is 0 Å². The van der Waals surface area contributed by atoms with Crippen LogP contribution in [0.5, 0.6) is 5.75 Å². The predicted molar refractivity (Wildman–Crippen MR) is 89.7 cm³/mol. The normalized spacial score (nSPS) is 12.4. The molecule has 1 N–H and O–H groups in total. The van der Waals surface area contributed by atoms with Crippen LogP contribution in [-0.4, -0.2) is 19.3 Å². The maximum Gasteiger partial charge on any atom is 0.296 e. The summed E-state index contributed by atoms with van der Waals surface area (Å²) in [6, 6.07) is 5.07. The van der Waals surface area contributed by atoms with Crippen molar-refractivity contribution >= 4 is 19.7 Å². The fourth-order valence-corrected chi connectivity index (χ4v) is 2.64. The summed E-state index contributed by atoms with van der Waals surface area (Å²) in [5.74, 6) is 0.574. The molecule has 0 aliphatic rings. The van der Waals surface area contributed by atoms with E-state index >= 15 is 0 Å². The lowest BCUT2D eigenvalue weighted by Gasteiger charge is -2.37. The van der Waals surface area contributed by atoms with Crippen LogP contribution in [0.25, 0.3) is 0 Å². The first-order valence-corrected chi connectivity index (χ1v) is 10.1. The number of nitrogens with zero attached hydrogens (tertiary/aromatic N) is 1. The number of hydrogen-bond acceptors (Lipinski definition) is 4. The monoisotopic (exact) mass is 310 g/mol. The molecule has 1 rings (SSSR count). The Morgan fingerprint density at radius 3 is 2.29 bits per heavy atom. The highest BCUT2D eigenvalue weighted by Gasteiger charge is 2.40. The largest absolute Gasteiger partial charge is 0.542 e. The SMILES string of the molecule is CC(C)Nc1c(O[Si](C)(C)C(C)(C)C)cccc1[N+](=O)[O-]. The third-order valence-electron chi connectivity index (χ3n) is 3.81. The minimum atomic E-state index is -2.05. The van der Waals surface area contributed by atoms with E-state index in [4.69, 9.17) is 4.43 Å². The highest BCUT2D eigenvalue weighted by atomic mass is 28.4. The lowest BCUT2D eigenvalue weighted by atomic mass is 10.2. The van der Waals surface area contributed by atoms with Gasteiger partial charge in [0, 0.05) is 12.1 Å². The second-order valence-electron chi connectivity index (χ2n) is 7.07. The van der Waals surface area contributed by atoms with E-state index in [1.165, 1.54) is 6.07 Å². The van der Waals surface area contributed by atoms with Gasteiger partial charge in [0.25, 0.3) is 14.0 Å². The molecule has 0 radical (unpaired) electrons. The molecule has 0 bridgehead atoms. The summed E-state index contributed by atoms with van der Waals surface area (Å²) in [4.78, 5) is 10.9. The van der Waals surface area contributed by atoms with Gasteiger partial charge in [-0.2, -0.15) is 0 Å². The number of nitro benzene ring substituents is 1. The maximum atomic E-state index is 11.2. The molecule has 1 aromatic carbocycles. The molecule has 6 heteroatoms. The van der Waals surface area contributed by atoms with Gasteiger partial charge in [0.2, 0.25) is 0 Å². The molecule has 0 aromatic heterocycles. The van der Waals surface area contributed by atoms with Crippen molar-refractivity contribution in [1.82, 2.24) is 0 Å². The van der Waals surface area contributed by atoms with Gasteiger partial charge in [0.1, 0.15) is 5.75 Å². The summed E-state index contributed by atoms with van der Waals surface area (Å²) < 4.78 is 6.26. The molecular formula is C15H26N2O3Si. The molecule has 0 saturated carbocycles. The van der Waals surface area contributed by atoms with E-state index < -0.39 is 8.32 Å². The smallest absolute Gasteiger partial charge is 0.296 e. The number of anilines is 1. The zero-order valence-corrected chi connectivity index (χ0v) is 15.0. The van der Waals surface area contributed by atoms with Crippen LogP contribution in [0, 0.1) is 10.1 Å². The van der Waals surface area contributed by atoms with E-state index in [1.54, 1.807) is 12.1 Å². The summed E-state index contributed by atoms with van der Waals surface area (Å²) in [7, 11) is -2.05. The lowest BCUT2D eigenvalue weighted by Crippen LogP contribution is -2.44. The summed E-state index contributed by atoms with van der Waals surface area (Å²) in [6.45, 7) is 14.6. The van der Waals surface area contributed by atoms with Crippen molar-refractivity contribution in [3.8, 4) is 5.75 Å². The molecule has 118 valence electrons. The minimum Gasteiger partial charge on any atom is -0.542 e. The van der Waals surface area contributed by atoms with Gasteiger partial charge in [-0.1, -0.05) is 26.8 Å². The van der Waals surface area contributed by atoms with Crippen molar-refractivity contribution in [3.05, 3.63) is 28.3 Å². The van der Waals surface area contributed by atoms with Crippen molar-refractivity contribution in [1.29, 1.82) is 0 Å². The molecule has 0 saturated heterocycles. The number of nitro groups is 1. The predicted octanol–water partition coefficient (Wildman–Crippen LogP) is 4.80. The van der Waals surface area contributed by atoms with Gasteiger partial charge in [-0.15, -0.1) is 0 Å². The van der Waals surface area contributed by atoms with Crippen LogP contribution in [0.1, 0.15) is 34.6 Å². The zero-order valence-electron chi connectivity index (χ0n) is 14.0. The van der Waals surface area contributed by atoms with Crippen LogP contribution < -0.4 is 9.74 Å². The van der Waals surface area contributed by atoms with Crippen molar-refractivity contribution in [2.45, 2.75) is 58.8 Å². The Labute approximate surface area is 128 Å². The fraction of sp³-hybridized carbons (Fsp3) is 0.600. The standard InChI is InChI=1S/C15H26N2O3Si/c1-11(2)16-14-12(17(18)19)9-8-10-13(14)20-21(6,7)15(3,4)5/h8-11,16H,1-7H3. The van der Waals surface area contributed by atoms with Crippen molar-refractivity contribution in [2.24, 2.45) is 0 Å². The van der Waals surface area contributed by atoms with Crippen LogP contribution in [0.15, 0.2) is 18.2 Å². The zero-order chi connectivity index (χ0) is 16.4. The number of benzene rings is 1. The maximum absolute atomic E-state index is 11.2. The number of nitrogens with one attached hydrogen (secondary N) is 1. The highest BCUT2D eigenvalue weighted by Crippen LogP contribution is 2.42. The molecule has 0 unspecified atom stereocenters. The summed E-state index contributed by atoms with van der Waals surface area (Å²) in [6.07, 6.45) is 0. The van der Waals surface area contributed by atoms with Crippen molar-refractivity contribution in [3.63, 3.8) is 0 Å². The topological polar surface area (TPSA) is 64.4 Å². The van der Waals surface area contributed by atoms with Gasteiger partial charge in [-0.25, -0.2) is 0 Å². The number of para-hydroxylation sites is 1. The van der Waals surface area contributed by atoms with E-state index in [-0.39, 0.29) is 21.7 Å². The Morgan fingerprint density at radius 1 is 1.29 bits per heavy atom. The molecule has 0 amide bonds. The fourth-order valence-electron chi connectivity index (χ4n) is 1.62. The average Bonchev–Trinajstić information content (AvgIpc) is 2.28. The summed E-state index contributed by atoms with van der Waals surface area (Å²) in [5.41, 5.74) is 0.530. The van der Waals surface area contributed by atoms with E-state index in [0.29, 0.717) is 11.4 Å². The van der Waals surface area contributed by atoms with Crippen molar-refractivity contribution < 1.29 is 9.35 Å². The molecule has 1 aromatic rings. The van der Waals surface area contributed by atoms with E-state index in [2.05, 4.69) is 39.2 Å². The Morgan fingerprint density at radius 2 is 1.86 bits per heavy atom. The van der Waals surface area contributed by atoms with Gasteiger partial charge in [-0.3, -0.25) is 10.1 Å². The van der Waals surface area contributed by atoms with Crippen LogP contribution in [0.4, 0.5) is 11.4 Å². The number of rotatable bonds is 5. The van der Waals surface area contributed by atoms with Crippen LogP contribution in [0.3, 0.4) is 0 Å². The highest BCUT2D eigenvalue weighted by molar-refractivity contribution is 6.74. The van der Waals surface area contributed by atoms with Crippen LogP contribution in [0.2, 0.25) is 18.1 Å². The molecule has 21 heavy (non-hydrogen) atoms. The third-order valence-corrected chi connectivity index (χ3v) is 8.15. The Kier molecular flexibility index (Phi) is 5.04. The third kappa shape index (κ3) is 4.20. The first kappa shape index (κ1) is 17.5. The second kappa shape index (κ2) is 6.05. The second-order valence-corrected chi connectivity index (χ2v) is 11.8. The first-order chi connectivity index (χ1) is 9.45. The molecule has 0 spiro atoms. The Balaban J connectivity index is 3.29. The number of hydrogen-bond donors (Lipinski definition) is 1. The minimum absolute atomic E-state index is 0.0344.